The Kier molecular flexibility index (Phi) is 3.41. The highest BCUT2D eigenvalue weighted by Crippen LogP contribution is 2.24. The third-order valence-corrected chi connectivity index (χ3v) is 3.17. The molecule has 2 unspecified atom stereocenters. The van der Waals surface area contributed by atoms with Gasteiger partial charge in [-0.3, -0.25) is 4.68 Å². The van der Waals surface area contributed by atoms with Crippen molar-refractivity contribution < 1.29 is 0 Å². The molecule has 3 nitrogen and oxygen atoms in total. The van der Waals surface area contributed by atoms with Gasteiger partial charge in [0, 0.05) is 24.3 Å². The van der Waals surface area contributed by atoms with Crippen molar-refractivity contribution in [1.82, 2.24) is 15.1 Å². The second-order valence-electron chi connectivity index (χ2n) is 4.68. The summed E-state index contributed by atoms with van der Waals surface area (Å²) in [5.41, 5.74) is 1.36. The second kappa shape index (κ2) is 4.79. The molecule has 1 aliphatic heterocycles. The zero-order valence-corrected chi connectivity index (χ0v) is 9.74. The number of aromatic nitrogens is 2. The summed E-state index contributed by atoms with van der Waals surface area (Å²) in [5, 5.41) is 7.96. The number of rotatable bonds is 3. The fraction of sp³-hybridized carbons (Fsp3) is 0.750. The average molecular weight is 207 g/mol. The van der Waals surface area contributed by atoms with Crippen LogP contribution < -0.4 is 5.32 Å². The first-order valence-corrected chi connectivity index (χ1v) is 6.05. The Labute approximate surface area is 91.9 Å². The first kappa shape index (κ1) is 10.7. The summed E-state index contributed by atoms with van der Waals surface area (Å²) < 4.78 is 2.05. The van der Waals surface area contributed by atoms with Crippen LogP contribution >= 0.6 is 0 Å². The molecule has 0 saturated carbocycles. The molecule has 3 heteroatoms. The Hall–Kier alpha value is -0.830. The predicted octanol–water partition coefficient (Wildman–Crippen LogP) is 2.35. The van der Waals surface area contributed by atoms with E-state index in [2.05, 4.69) is 35.1 Å². The van der Waals surface area contributed by atoms with Crippen LogP contribution in [0.15, 0.2) is 12.4 Å². The minimum atomic E-state index is 0.534. The van der Waals surface area contributed by atoms with Crippen molar-refractivity contribution in [2.75, 3.05) is 6.54 Å². The largest absolute Gasteiger partial charge is 0.310 e. The van der Waals surface area contributed by atoms with E-state index in [0.717, 1.165) is 25.4 Å². The van der Waals surface area contributed by atoms with Crippen molar-refractivity contribution >= 4 is 0 Å². The van der Waals surface area contributed by atoms with Crippen LogP contribution in [0.5, 0.6) is 0 Å². The Morgan fingerprint density at radius 2 is 2.40 bits per heavy atom. The van der Waals surface area contributed by atoms with E-state index in [0.29, 0.717) is 6.04 Å². The Bertz CT molecular complexity index is 298. The van der Waals surface area contributed by atoms with Gasteiger partial charge in [-0.25, -0.2) is 0 Å². The maximum absolute atomic E-state index is 4.38. The Balaban J connectivity index is 1.96. The summed E-state index contributed by atoms with van der Waals surface area (Å²) in [4.78, 5) is 0. The van der Waals surface area contributed by atoms with Gasteiger partial charge in [0.2, 0.25) is 0 Å². The summed E-state index contributed by atoms with van der Waals surface area (Å²) >= 11 is 0. The summed E-state index contributed by atoms with van der Waals surface area (Å²) in [5.74, 6) is 0.826. The lowest BCUT2D eigenvalue weighted by molar-refractivity contribution is 0.333. The molecule has 1 aliphatic rings. The fourth-order valence-electron chi connectivity index (χ4n) is 2.19. The normalized spacial score (nSPS) is 26.8. The van der Waals surface area contributed by atoms with Crippen LogP contribution in [0.4, 0.5) is 0 Å². The molecule has 0 amide bonds. The molecule has 2 atom stereocenters. The van der Waals surface area contributed by atoms with Gasteiger partial charge < -0.3 is 5.32 Å². The van der Waals surface area contributed by atoms with E-state index < -0.39 is 0 Å². The molecule has 15 heavy (non-hydrogen) atoms. The zero-order chi connectivity index (χ0) is 10.7. The van der Waals surface area contributed by atoms with Crippen molar-refractivity contribution in [2.24, 2.45) is 5.92 Å². The summed E-state index contributed by atoms with van der Waals surface area (Å²) in [7, 11) is 0. The molecule has 1 aromatic heterocycles. The Morgan fingerprint density at radius 1 is 1.53 bits per heavy atom. The highest BCUT2D eigenvalue weighted by molar-refractivity contribution is 5.11. The van der Waals surface area contributed by atoms with E-state index >= 15 is 0 Å². The van der Waals surface area contributed by atoms with E-state index in [9.17, 15) is 0 Å². The molecule has 1 N–H and O–H groups in total. The Morgan fingerprint density at radius 3 is 3.07 bits per heavy atom. The van der Waals surface area contributed by atoms with Crippen LogP contribution in [0.1, 0.15) is 44.7 Å². The molecular weight excluding hydrogens is 186 g/mol. The monoisotopic (exact) mass is 207 g/mol. The minimum Gasteiger partial charge on any atom is -0.310 e. The summed E-state index contributed by atoms with van der Waals surface area (Å²) in [6.07, 6.45) is 7.94. The standard InChI is InChI=1S/C12H21N3/c1-3-6-15-9-11(8-14-15)12-5-4-10(2)7-13-12/h8-10,12-13H,3-7H2,1-2H3. The average Bonchev–Trinajstić information content (AvgIpc) is 2.68. The minimum absolute atomic E-state index is 0.534. The smallest absolute Gasteiger partial charge is 0.0537 e. The molecule has 0 aliphatic carbocycles. The SMILES string of the molecule is CCCn1cc(C2CCC(C)CN2)cn1. The van der Waals surface area contributed by atoms with Crippen LogP contribution in [-0.2, 0) is 6.54 Å². The van der Waals surface area contributed by atoms with Gasteiger partial charge in [0.05, 0.1) is 6.20 Å². The lowest BCUT2D eigenvalue weighted by Gasteiger charge is -2.26. The van der Waals surface area contributed by atoms with Gasteiger partial charge in [0.1, 0.15) is 0 Å². The zero-order valence-electron chi connectivity index (χ0n) is 9.74. The third-order valence-electron chi connectivity index (χ3n) is 3.17. The highest BCUT2D eigenvalue weighted by atomic mass is 15.3. The van der Waals surface area contributed by atoms with E-state index in [-0.39, 0.29) is 0 Å². The van der Waals surface area contributed by atoms with E-state index in [1.807, 2.05) is 6.20 Å². The molecule has 84 valence electrons. The topological polar surface area (TPSA) is 29.9 Å². The molecule has 2 heterocycles. The maximum Gasteiger partial charge on any atom is 0.0537 e. The van der Waals surface area contributed by atoms with Gasteiger partial charge in [-0.1, -0.05) is 13.8 Å². The highest BCUT2D eigenvalue weighted by Gasteiger charge is 2.19. The number of nitrogens with zero attached hydrogens (tertiary/aromatic N) is 2. The third kappa shape index (κ3) is 2.59. The van der Waals surface area contributed by atoms with Crippen LogP contribution in [-0.4, -0.2) is 16.3 Å². The molecule has 0 aromatic carbocycles. The van der Waals surface area contributed by atoms with Gasteiger partial charge in [0.15, 0.2) is 0 Å². The lowest BCUT2D eigenvalue weighted by atomic mass is 9.94. The molecule has 1 saturated heterocycles. The predicted molar refractivity (Wildman–Crippen MR) is 61.7 cm³/mol. The number of piperidine rings is 1. The number of hydrogen-bond donors (Lipinski definition) is 1. The number of nitrogens with one attached hydrogen (secondary N) is 1. The lowest BCUT2D eigenvalue weighted by Crippen LogP contribution is -2.31. The van der Waals surface area contributed by atoms with Crippen molar-refractivity contribution in [2.45, 2.75) is 45.7 Å². The van der Waals surface area contributed by atoms with Crippen LogP contribution in [0.2, 0.25) is 0 Å². The molecule has 0 radical (unpaired) electrons. The van der Waals surface area contributed by atoms with Crippen LogP contribution in [0, 0.1) is 5.92 Å². The second-order valence-corrected chi connectivity index (χ2v) is 4.68. The molecule has 0 bridgehead atoms. The van der Waals surface area contributed by atoms with Gasteiger partial charge in [-0.05, 0) is 31.7 Å². The van der Waals surface area contributed by atoms with Crippen molar-refractivity contribution in [3.63, 3.8) is 0 Å². The molecule has 0 spiro atoms. The van der Waals surface area contributed by atoms with Gasteiger partial charge in [-0.15, -0.1) is 0 Å². The van der Waals surface area contributed by atoms with Gasteiger partial charge >= 0.3 is 0 Å². The molecule has 1 fully saturated rings. The number of aryl methyl sites for hydroxylation is 1. The van der Waals surface area contributed by atoms with Gasteiger partial charge in [0.25, 0.3) is 0 Å². The molecule has 2 rings (SSSR count). The van der Waals surface area contributed by atoms with Crippen molar-refractivity contribution in [3.8, 4) is 0 Å². The van der Waals surface area contributed by atoms with E-state index in [4.69, 9.17) is 0 Å². The summed E-state index contributed by atoms with van der Waals surface area (Å²) in [6, 6.07) is 0.534. The fourth-order valence-corrected chi connectivity index (χ4v) is 2.19. The first-order chi connectivity index (χ1) is 7.29. The van der Waals surface area contributed by atoms with Gasteiger partial charge in [-0.2, -0.15) is 5.10 Å². The summed E-state index contributed by atoms with van der Waals surface area (Å²) in [6.45, 7) is 6.67. The van der Waals surface area contributed by atoms with Crippen LogP contribution in [0.3, 0.4) is 0 Å². The maximum atomic E-state index is 4.38. The van der Waals surface area contributed by atoms with Crippen molar-refractivity contribution in [1.29, 1.82) is 0 Å². The number of hydrogen-bond acceptors (Lipinski definition) is 2. The van der Waals surface area contributed by atoms with E-state index in [1.54, 1.807) is 0 Å². The first-order valence-electron chi connectivity index (χ1n) is 6.05. The molecule has 1 aromatic rings. The molecular formula is C12H21N3. The van der Waals surface area contributed by atoms with Crippen molar-refractivity contribution in [3.05, 3.63) is 18.0 Å². The van der Waals surface area contributed by atoms with Crippen LogP contribution in [0.25, 0.3) is 0 Å². The van der Waals surface area contributed by atoms with E-state index in [1.165, 1.54) is 18.4 Å². The quantitative estimate of drug-likeness (QED) is 0.824.